The van der Waals surface area contributed by atoms with Crippen LogP contribution >= 0.6 is 0 Å². The van der Waals surface area contributed by atoms with E-state index in [0.29, 0.717) is 12.0 Å². The predicted molar refractivity (Wildman–Crippen MR) is 104 cm³/mol. The standard InChI is InChI=1S/C20H28N2O7/c1-11(2)8-15(21)19(25)22-16(20(26)27-5)9-14-6-7-17(28-12(3)23)18(10-14)29-13(4)24/h6-7,10-11,15-16H,8-9,21H2,1-5H3,(H,22,25)/t15-,16-/m0/s1. The van der Waals surface area contributed by atoms with E-state index in [1.165, 1.54) is 33.1 Å². The Balaban J connectivity index is 3.06. The minimum absolute atomic E-state index is 0.0247. The molecule has 0 spiro atoms. The molecule has 160 valence electrons. The average Bonchev–Trinajstić information content (AvgIpc) is 2.61. The SMILES string of the molecule is COC(=O)[C@H](Cc1ccc(OC(C)=O)c(OC(C)=O)c1)NC(=O)[C@@H](N)CC(C)C. The van der Waals surface area contributed by atoms with Gasteiger partial charge in [-0.1, -0.05) is 19.9 Å². The first kappa shape index (κ1) is 24.1. The Labute approximate surface area is 169 Å². The molecule has 0 bridgehead atoms. The third-order valence-corrected chi connectivity index (χ3v) is 3.82. The zero-order valence-electron chi connectivity index (χ0n) is 17.3. The highest BCUT2D eigenvalue weighted by molar-refractivity contribution is 5.87. The fourth-order valence-corrected chi connectivity index (χ4v) is 2.62. The van der Waals surface area contributed by atoms with E-state index in [1.54, 1.807) is 6.07 Å². The molecule has 9 nitrogen and oxygen atoms in total. The van der Waals surface area contributed by atoms with Crippen molar-refractivity contribution in [3.8, 4) is 11.5 Å². The second-order valence-corrected chi connectivity index (χ2v) is 6.99. The van der Waals surface area contributed by atoms with Gasteiger partial charge in [-0.05, 0) is 30.0 Å². The Hall–Kier alpha value is -2.94. The molecule has 0 aromatic heterocycles. The molecule has 1 rings (SSSR count). The van der Waals surface area contributed by atoms with E-state index in [2.05, 4.69) is 5.32 Å². The van der Waals surface area contributed by atoms with E-state index in [9.17, 15) is 19.2 Å². The number of ether oxygens (including phenoxy) is 3. The number of carbonyl (C=O) groups is 4. The van der Waals surface area contributed by atoms with Crippen molar-refractivity contribution in [2.75, 3.05) is 7.11 Å². The Kier molecular flexibility index (Phi) is 9.27. The van der Waals surface area contributed by atoms with Crippen molar-refractivity contribution >= 4 is 23.8 Å². The van der Waals surface area contributed by atoms with E-state index in [-0.39, 0.29) is 23.8 Å². The maximum Gasteiger partial charge on any atom is 0.328 e. The molecule has 0 saturated heterocycles. The van der Waals surface area contributed by atoms with Crippen LogP contribution in [0.3, 0.4) is 0 Å². The molecule has 0 unspecified atom stereocenters. The van der Waals surface area contributed by atoms with Gasteiger partial charge in [0.15, 0.2) is 11.5 Å². The topological polar surface area (TPSA) is 134 Å². The molecule has 1 aromatic rings. The van der Waals surface area contributed by atoms with Gasteiger partial charge in [-0.2, -0.15) is 0 Å². The van der Waals surface area contributed by atoms with Crippen molar-refractivity contribution in [2.45, 2.75) is 52.6 Å². The quantitative estimate of drug-likeness (QED) is 0.458. The van der Waals surface area contributed by atoms with Crippen molar-refractivity contribution in [3.05, 3.63) is 23.8 Å². The van der Waals surface area contributed by atoms with Gasteiger partial charge in [-0.25, -0.2) is 4.79 Å². The average molecular weight is 408 g/mol. The van der Waals surface area contributed by atoms with Gasteiger partial charge in [0.2, 0.25) is 5.91 Å². The number of hydrogen-bond acceptors (Lipinski definition) is 8. The summed E-state index contributed by atoms with van der Waals surface area (Å²) in [6, 6.07) is 2.73. The molecule has 0 aliphatic carbocycles. The van der Waals surface area contributed by atoms with Crippen LogP contribution in [-0.2, 0) is 30.3 Å². The Morgan fingerprint density at radius 2 is 1.62 bits per heavy atom. The first-order valence-electron chi connectivity index (χ1n) is 9.17. The van der Waals surface area contributed by atoms with Crippen LogP contribution in [0.25, 0.3) is 0 Å². The molecule has 0 heterocycles. The van der Waals surface area contributed by atoms with E-state index >= 15 is 0 Å². The van der Waals surface area contributed by atoms with Crippen molar-refractivity contribution in [1.29, 1.82) is 0 Å². The number of hydrogen-bond donors (Lipinski definition) is 2. The van der Waals surface area contributed by atoms with Gasteiger partial charge in [-0.15, -0.1) is 0 Å². The number of nitrogens with two attached hydrogens (primary N) is 1. The Morgan fingerprint density at radius 3 is 2.14 bits per heavy atom. The largest absolute Gasteiger partial charge is 0.467 e. The molecular formula is C20H28N2O7. The number of rotatable bonds is 9. The summed E-state index contributed by atoms with van der Waals surface area (Å²) in [5, 5.41) is 2.60. The highest BCUT2D eigenvalue weighted by Crippen LogP contribution is 2.29. The molecule has 9 heteroatoms. The fraction of sp³-hybridized carbons (Fsp3) is 0.500. The Morgan fingerprint density at radius 1 is 1.03 bits per heavy atom. The third kappa shape index (κ3) is 8.30. The van der Waals surface area contributed by atoms with Gasteiger partial charge in [0.1, 0.15) is 6.04 Å². The van der Waals surface area contributed by atoms with Crippen molar-refractivity contribution < 1.29 is 33.4 Å². The zero-order valence-corrected chi connectivity index (χ0v) is 17.3. The van der Waals surface area contributed by atoms with Crippen LogP contribution in [0.2, 0.25) is 0 Å². The van der Waals surface area contributed by atoms with E-state index in [1.807, 2.05) is 13.8 Å². The lowest BCUT2D eigenvalue weighted by molar-refractivity contribution is -0.145. The summed E-state index contributed by atoms with van der Waals surface area (Å²) in [5.74, 6) is -1.99. The summed E-state index contributed by atoms with van der Waals surface area (Å²) >= 11 is 0. The van der Waals surface area contributed by atoms with Crippen LogP contribution in [0.1, 0.15) is 39.7 Å². The van der Waals surface area contributed by atoms with Gasteiger partial charge >= 0.3 is 17.9 Å². The molecule has 0 radical (unpaired) electrons. The van der Waals surface area contributed by atoms with Crippen LogP contribution in [0, 0.1) is 5.92 Å². The number of carbonyl (C=O) groups excluding carboxylic acids is 4. The highest BCUT2D eigenvalue weighted by atomic mass is 16.6. The fourth-order valence-electron chi connectivity index (χ4n) is 2.62. The number of benzene rings is 1. The zero-order chi connectivity index (χ0) is 22.1. The lowest BCUT2D eigenvalue weighted by atomic mass is 10.0. The molecule has 0 aliphatic rings. The smallest absolute Gasteiger partial charge is 0.328 e. The van der Waals surface area contributed by atoms with Crippen LogP contribution in [0.15, 0.2) is 18.2 Å². The second kappa shape index (κ2) is 11.2. The minimum Gasteiger partial charge on any atom is -0.467 e. The molecular weight excluding hydrogens is 380 g/mol. The van der Waals surface area contributed by atoms with Crippen molar-refractivity contribution in [3.63, 3.8) is 0 Å². The first-order valence-corrected chi connectivity index (χ1v) is 9.17. The van der Waals surface area contributed by atoms with E-state index in [4.69, 9.17) is 19.9 Å². The molecule has 3 N–H and O–H groups in total. The van der Waals surface area contributed by atoms with Gasteiger partial charge in [0, 0.05) is 20.3 Å². The summed E-state index contributed by atoms with van der Waals surface area (Å²) < 4.78 is 14.9. The predicted octanol–water partition coefficient (Wildman–Crippen LogP) is 1.11. The van der Waals surface area contributed by atoms with Crippen LogP contribution < -0.4 is 20.5 Å². The van der Waals surface area contributed by atoms with Crippen molar-refractivity contribution in [1.82, 2.24) is 5.32 Å². The van der Waals surface area contributed by atoms with Crippen molar-refractivity contribution in [2.24, 2.45) is 11.7 Å². The molecule has 2 atom stereocenters. The van der Waals surface area contributed by atoms with Crippen LogP contribution in [-0.4, -0.2) is 43.0 Å². The maximum atomic E-state index is 12.3. The summed E-state index contributed by atoms with van der Waals surface area (Å²) in [7, 11) is 1.21. The molecule has 0 saturated carbocycles. The maximum absolute atomic E-state index is 12.3. The lowest BCUT2D eigenvalue weighted by Crippen LogP contribution is -2.50. The molecule has 1 aromatic carbocycles. The van der Waals surface area contributed by atoms with E-state index in [0.717, 1.165) is 0 Å². The number of methoxy groups -OCH3 is 1. The lowest BCUT2D eigenvalue weighted by Gasteiger charge is -2.20. The monoisotopic (exact) mass is 408 g/mol. The van der Waals surface area contributed by atoms with E-state index < -0.39 is 35.9 Å². The van der Waals surface area contributed by atoms with Gasteiger partial charge in [0.05, 0.1) is 13.2 Å². The highest BCUT2D eigenvalue weighted by Gasteiger charge is 2.26. The van der Waals surface area contributed by atoms with Crippen LogP contribution in [0.5, 0.6) is 11.5 Å². The summed E-state index contributed by atoms with van der Waals surface area (Å²) in [6.07, 6.45) is 0.523. The number of esters is 3. The summed E-state index contributed by atoms with van der Waals surface area (Å²) in [6.45, 7) is 6.30. The number of amides is 1. The molecule has 1 amide bonds. The molecule has 29 heavy (non-hydrogen) atoms. The van der Waals surface area contributed by atoms with Gasteiger partial charge in [0.25, 0.3) is 0 Å². The second-order valence-electron chi connectivity index (χ2n) is 6.99. The van der Waals surface area contributed by atoms with Gasteiger partial charge < -0.3 is 25.3 Å². The number of nitrogens with one attached hydrogen (secondary N) is 1. The van der Waals surface area contributed by atoms with Crippen LogP contribution in [0.4, 0.5) is 0 Å². The molecule has 0 fully saturated rings. The summed E-state index contributed by atoms with van der Waals surface area (Å²) in [4.78, 5) is 47.0. The minimum atomic E-state index is -0.990. The normalized spacial score (nSPS) is 12.7. The first-order chi connectivity index (χ1) is 13.5. The third-order valence-electron chi connectivity index (χ3n) is 3.82. The van der Waals surface area contributed by atoms with Gasteiger partial charge in [-0.3, -0.25) is 14.4 Å². The molecule has 0 aliphatic heterocycles. The summed E-state index contributed by atoms with van der Waals surface area (Å²) in [5.41, 5.74) is 6.42. The Bertz CT molecular complexity index is 761.